The molecule has 0 saturated heterocycles. The molecule has 0 bridgehead atoms. The molecule has 0 spiro atoms. The van der Waals surface area contributed by atoms with Gasteiger partial charge in [-0.15, -0.1) is 0 Å². The molecule has 0 fully saturated rings. The number of rotatable bonds is 4. The Labute approximate surface area is 90.4 Å². The number of hydrogen-bond donors (Lipinski definition) is 1. The zero-order valence-electron chi connectivity index (χ0n) is 9.68. The highest BCUT2D eigenvalue weighted by atomic mass is 16.5. The quantitative estimate of drug-likeness (QED) is 0.764. The van der Waals surface area contributed by atoms with Gasteiger partial charge in [-0.2, -0.15) is 0 Å². The fourth-order valence-electron chi connectivity index (χ4n) is 1.70. The zero-order chi connectivity index (χ0) is 11.4. The third-order valence-corrected chi connectivity index (χ3v) is 2.44. The van der Waals surface area contributed by atoms with Crippen LogP contribution in [0.2, 0.25) is 0 Å². The number of ether oxygens (including phenoxy) is 1. The summed E-state index contributed by atoms with van der Waals surface area (Å²) in [4.78, 5) is 11.7. The second kappa shape index (κ2) is 4.94. The Morgan fingerprint density at radius 2 is 2.07 bits per heavy atom. The summed E-state index contributed by atoms with van der Waals surface area (Å²) in [6.45, 7) is 4.24. The van der Waals surface area contributed by atoms with Crippen molar-refractivity contribution in [1.82, 2.24) is 5.32 Å². The molecule has 0 aromatic heterocycles. The minimum Gasteiger partial charge on any atom is -0.496 e. The molecule has 1 aromatic carbocycles. The van der Waals surface area contributed by atoms with Crippen molar-refractivity contribution in [3.8, 4) is 5.75 Å². The molecule has 0 unspecified atom stereocenters. The van der Waals surface area contributed by atoms with Gasteiger partial charge in [0.2, 0.25) is 0 Å². The fraction of sp³-hybridized carbons (Fsp3) is 0.417. The Balaban J connectivity index is 3.15. The van der Waals surface area contributed by atoms with Gasteiger partial charge in [-0.1, -0.05) is 12.1 Å². The van der Waals surface area contributed by atoms with Gasteiger partial charge in [-0.25, -0.2) is 0 Å². The largest absolute Gasteiger partial charge is 0.496 e. The first-order valence-corrected chi connectivity index (χ1v) is 4.93. The number of hydrogen-bond acceptors (Lipinski definition) is 3. The van der Waals surface area contributed by atoms with Crippen molar-refractivity contribution < 1.29 is 9.53 Å². The molecule has 0 aliphatic carbocycles. The summed E-state index contributed by atoms with van der Waals surface area (Å²) < 4.78 is 5.27. The molecule has 0 amide bonds. The average Bonchev–Trinajstić information content (AvgIpc) is 2.18. The second-order valence-corrected chi connectivity index (χ2v) is 3.54. The zero-order valence-corrected chi connectivity index (χ0v) is 9.68. The van der Waals surface area contributed by atoms with E-state index in [0.29, 0.717) is 6.54 Å². The number of nitrogens with one attached hydrogen (secondary N) is 1. The number of Topliss-reactive ketones (excluding diaryl/α,β-unsaturated/α-hetero) is 1. The van der Waals surface area contributed by atoms with E-state index in [9.17, 15) is 4.79 Å². The van der Waals surface area contributed by atoms with Crippen LogP contribution in [0.25, 0.3) is 0 Å². The lowest BCUT2D eigenvalue weighted by atomic mass is 10.0. The van der Waals surface area contributed by atoms with Crippen molar-refractivity contribution in [2.75, 3.05) is 20.7 Å². The Morgan fingerprint density at radius 1 is 1.40 bits per heavy atom. The number of aryl methyl sites for hydroxylation is 1. The summed E-state index contributed by atoms with van der Waals surface area (Å²) in [6.07, 6.45) is 0. The van der Waals surface area contributed by atoms with Crippen LogP contribution in [-0.4, -0.2) is 26.5 Å². The number of carbonyl (C=O) groups is 1. The van der Waals surface area contributed by atoms with Crippen LogP contribution in [0.5, 0.6) is 5.75 Å². The predicted molar refractivity (Wildman–Crippen MR) is 60.7 cm³/mol. The summed E-state index contributed by atoms with van der Waals surface area (Å²) in [5.41, 5.74) is 2.69. The lowest BCUT2D eigenvalue weighted by Gasteiger charge is -2.12. The van der Waals surface area contributed by atoms with Gasteiger partial charge in [0.15, 0.2) is 5.78 Å². The summed E-state index contributed by atoms with van der Waals surface area (Å²) in [6, 6.07) is 3.77. The van der Waals surface area contributed by atoms with Crippen molar-refractivity contribution >= 4 is 5.78 Å². The Bertz CT molecular complexity index is 372. The van der Waals surface area contributed by atoms with Crippen LogP contribution in [0.4, 0.5) is 0 Å². The van der Waals surface area contributed by atoms with Crippen LogP contribution in [0.15, 0.2) is 12.1 Å². The molecule has 0 atom stereocenters. The van der Waals surface area contributed by atoms with E-state index in [4.69, 9.17) is 4.74 Å². The molecule has 0 heterocycles. The minimum atomic E-state index is 0.0910. The van der Waals surface area contributed by atoms with E-state index in [1.165, 1.54) is 0 Å². The minimum absolute atomic E-state index is 0.0910. The van der Waals surface area contributed by atoms with E-state index >= 15 is 0 Å². The fourth-order valence-corrected chi connectivity index (χ4v) is 1.70. The van der Waals surface area contributed by atoms with E-state index in [2.05, 4.69) is 5.32 Å². The Kier molecular flexibility index (Phi) is 3.86. The maximum absolute atomic E-state index is 11.7. The summed E-state index contributed by atoms with van der Waals surface area (Å²) in [5, 5.41) is 2.85. The van der Waals surface area contributed by atoms with Gasteiger partial charge in [0, 0.05) is 11.1 Å². The number of ketones is 1. The summed E-state index contributed by atoms with van der Waals surface area (Å²) in [5.74, 6) is 0.894. The third-order valence-electron chi connectivity index (χ3n) is 2.44. The molecule has 0 saturated carbocycles. The van der Waals surface area contributed by atoms with Crippen LogP contribution in [0.3, 0.4) is 0 Å². The van der Waals surface area contributed by atoms with E-state index in [-0.39, 0.29) is 5.78 Å². The topological polar surface area (TPSA) is 38.3 Å². The van der Waals surface area contributed by atoms with Crippen LogP contribution in [0, 0.1) is 13.8 Å². The lowest BCUT2D eigenvalue weighted by molar-refractivity contribution is 0.0992. The van der Waals surface area contributed by atoms with Gasteiger partial charge in [0.25, 0.3) is 0 Å². The lowest BCUT2D eigenvalue weighted by Crippen LogP contribution is -2.19. The van der Waals surface area contributed by atoms with E-state index in [1.54, 1.807) is 14.2 Å². The molecule has 82 valence electrons. The van der Waals surface area contributed by atoms with Crippen LogP contribution in [-0.2, 0) is 0 Å². The first kappa shape index (κ1) is 11.7. The SMILES string of the molecule is CNCC(=O)c1ccc(C)c(OC)c1C. The molecule has 1 N–H and O–H groups in total. The average molecular weight is 207 g/mol. The number of likely N-dealkylation sites (N-methyl/N-ethyl adjacent to an activating group) is 1. The first-order chi connectivity index (χ1) is 7.11. The summed E-state index contributed by atoms with van der Waals surface area (Å²) >= 11 is 0. The molecule has 1 aromatic rings. The molecular formula is C12H17NO2. The highest BCUT2D eigenvalue weighted by Crippen LogP contribution is 2.25. The molecule has 0 aliphatic heterocycles. The van der Waals surface area contributed by atoms with Crippen molar-refractivity contribution in [2.24, 2.45) is 0 Å². The van der Waals surface area contributed by atoms with Crippen LogP contribution < -0.4 is 10.1 Å². The van der Waals surface area contributed by atoms with Crippen molar-refractivity contribution in [1.29, 1.82) is 0 Å². The Morgan fingerprint density at radius 3 is 2.60 bits per heavy atom. The third kappa shape index (κ3) is 2.36. The van der Waals surface area contributed by atoms with Gasteiger partial charge in [0.1, 0.15) is 5.75 Å². The van der Waals surface area contributed by atoms with Crippen molar-refractivity contribution in [2.45, 2.75) is 13.8 Å². The van der Waals surface area contributed by atoms with Gasteiger partial charge in [-0.3, -0.25) is 4.79 Å². The molecule has 0 aliphatic rings. The molecule has 1 rings (SSSR count). The highest BCUT2D eigenvalue weighted by molar-refractivity contribution is 5.99. The normalized spacial score (nSPS) is 10.1. The van der Waals surface area contributed by atoms with E-state index in [0.717, 1.165) is 22.4 Å². The van der Waals surface area contributed by atoms with Crippen molar-refractivity contribution in [3.05, 3.63) is 28.8 Å². The molecule has 3 heteroatoms. The number of carbonyl (C=O) groups excluding carboxylic acids is 1. The van der Waals surface area contributed by atoms with Crippen LogP contribution >= 0.6 is 0 Å². The Hall–Kier alpha value is -1.35. The first-order valence-electron chi connectivity index (χ1n) is 4.93. The second-order valence-electron chi connectivity index (χ2n) is 3.54. The van der Waals surface area contributed by atoms with Gasteiger partial charge in [-0.05, 0) is 26.5 Å². The van der Waals surface area contributed by atoms with Crippen molar-refractivity contribution in [3.63, 3.8) is 0 Å². The van der Waals surface area contributed by atoms with Crippen LogP contribution in [0.1, 0.15) is 21.5 Å². The van der Waals surface area contributed by atoms with E-state index in [1.807, 2.05) is 26.0 Å². The maximum atomic E-state index is 11.7. The van der Waals surface area contributed by atoms with Gasteiger partial charge < -0.3 is 10.1 Å². The molecular weight excluding hydrogens is 190 g/mol. The monoisotopic (exact) mass is 207 g/mol. The van der Waals surface area contributed by atoms with E-state index < -0.39 is 0 Å². The summed E-state index contributed by atoms with van der Waals surface area (Å²) in [7, 11) is 3.39. The predicted octanol–water partition coefficient (Wildman–Crippen LogP) is 1.71. The van der Waals surface area contributed by atoms with Gasteiger partial charge >= 0.3 is 0 Å². The molecule has 0 radical (unpaired) electrons. The smallest absolute Gasteiger partial charge is 0.176 e. The number of benzene rings is 1. The van der Waals surface area contributed by atoms with Gasteiger partial charge in [0.05, 0.1) is 13.7 Å². The highest BCUT2D eigenvalue weighted by Gasteiger charge is 2.13. The number of methoxy groups -OCH3 is 1. The molecule has 15 heavy (non-hydrogen) atoms. The maximum Gasteiger partial charge on any atom is 0.176 e. The molecule has 3 nitrogen and oxygen atoms in total. The standard InChI is InChI=1S/C12H17NO2/c1-8-5-6-10(11(14)7-13-3)9(2)12(8)15-4/h5-6,13H,7H2,1-4H3.